The number of carbonyl (C=O) groups excluding carboxylic acids is 1. The molecule has 7 nitrogen and oxygen atoms in total. The summed E-state index contributed by atoms with van der Waals surface area (Å²) in [6.45, 7) is 9.52. The number of hydrogen-bond acceptors (Lipinski definition) is 5. The van der Waals surface area contributed by atoms with E-state index < -0.39 is 11.7 Å². The predicted molar refractivity (Wildman–Crippen MR) is 90.4 cm³/mol. The molecule has 130 valence electrons. The third kappa shape index (κ3) is 6.19. The van der Waals surface area contributed by atoms with E-state index in [2.05, 4.69) is 32.8 Å². The first-order valence-corrected chi connectivity index (χ1v) is 8.25. The van der Waals surface area contributed by atoms with Crippen molar-refractivity contribution in [2.45, 2.75) is 45.8 Å². The van der Waals surface area contributed by atoms with Crippen LogP contribution < -0.4 is 10.6 Å². The number of aromatic nitrogens is 2. The van der Waals surface area contributed by atoms with Crippen molar-refractivity contribution in [1.82, 2.24) is 20.4 Å². The van der Waals surface area contributed by atoms with Crippen molar-refractivity contribution in [3.8, 4) is 0 Å². The average molecular weight is 323 g/mol. The first-order chi connectivity index (χ1) is 10.8. The number of ether oxygens (including phenoxy) is 1. The minimum absolute atomic E-state index is 0.474. The van der Waals surface area contributed by atoms with Gasteiger partial charge in [-0.05, 0) is 66.2 Å². The number of hydrogen-bond donors (Lipinski definition) is 3. The fourth-order valence-corrected chi connectivity index (χ4v) is 2.64. The molecule has 0 spiro atoms. The molecule has 3 N–H and O–H groups in total. The van der Waals surface area contributed by atoms with Gasteiger partial charge in [-0.25, -0.2) is 4.79 Å². The molecule has 1 aliphatic rings. The second kappa shape index (κ2) is 7.79. The summed E-state index contributed by atoms with van der Waals surface area (Å²) < 4.78 is 5.25. The molecule has 1 saturated heterocycles. The van der Waals surface area contributed by atoms with E-state index in [9.17, 15) is 4.79 Å². The van der Waals surface area contributed by atoms with Crippen LogP contribution in [0, 0.1) is 5.92 Å². The molecule has 2 rings (SSSR count). The Kier molecular flexibility index (Phi) is 6.01. The lowest BCUT2D eigenvalue weighted by atomic mass is 9.97. The highest BCUT2D eigenvalue weighted by Crippen LogP contribution is 2.16. The second-order valence-corrected chi connectivity index (χ2v) is 7.27. The Balaban J connectivity index is 1.76. The number of anilines is 1. The lowest BCUT2D eigenvalue weighted by Gasteiger charge is -2.29. The Bertz CT molecular complexity index is 501. The first-order valence-electron chi connectivity index (χ1n) is 8.25. The molecule has 7 heteroatoms. The number of H-pyrrole nitrogens is 1. The van der Waals surface area contributed by atoms with E-state index in [1.54, 1.807) is 6.20 Å². The molecule has 1 amide bonds. The minimum atomic E-state index is -0.517. The largest absolute Gasteiger partial charge is 0.444 e. The van der Waals surface area contributed by atoms with Crippen LogP contribution in [0.5, 0.6) is 0 Å². The summed E-state index contributed by atoms with van der Waals surface area (Å²) >= 11 is 0. The van der Waals surface area contributed by atoms with Gasteiger partial charge < -0.3 is 15.0 Å². The molecular formula is C16H29N5O2. The van der Waals surface area contributed by atoms with E-state index in [1.165, 1.54) is 25.9 Å². The van der Waals surface area contributed by atoms with Gasteiger partial charge in [0, 0.05) is 12.1 Å². The summed E-state index contributed by atoms with van der Waals surface area (Å²) in [7, 11) is 2.17. The Hall–Kier alpha value is -1.60. The summed E-state index contributed by atoms with van der Waals surface area (Å²) in [5.74, 6) is 1.32. The van der Waals surface area contributed by atoms with Crippen molar-refractivity contribution >= 4 is 11.9 Å². The first kappa shape index (κ1) is 17.7. The Morgan fingerprint density at radius 3 is 2.78 bits per heavy atom. The van der Waals surface area contributed by atoms with Crippen molar-refractivity contribution < 1.29 is 9.53 Å². The molecule has 0 unspecified atom stereocenters. The van der Waals surface area contributed by atoms with E-state index in [-0.39, 0.29) is 0 Å². The van der Waals surface area contributed by atoms with Gasteiger partial charge >= 0.3 is 6.09 Å². The number of amides is 1. The zero-order valence-corrected chi connectivity index (χ0v) is 14.6. The maximum Gasteiger partial charge on any atom is 0.413 e. The van der Waals surface area contributed by atoms with Crippen molar-refractivity contribution in [1.29, 1.82) is 0 Å². The molecule has 2 heterocycles. The van der Waals surface area contributed by atoms with E-state index in [0.717, 1.165) is 18.0 Å². The summed E-state index contributed by atoms with van der Waals surface area (Å²) in [6.07, 6.45) is 3.72. The average Bonchev–Trinajstić information content (AvgIpc) is 2.86. The number of nitrogens with one attached hydrogen (secondary N) is 3. The van der Waals surface area contributed by atoms with Gasteiger partial charge in [-0.3, -0.25) is 10.4 Å². The summed E-state index contributed by atoms with van der Waals surface area (Å²) in [5, 5.41) is 13.0. The number of aromatic amines is 1. The Morgan fingerprint density at radius 2 is 2.13 bits per heavy atom. The molecule has 23 heavy (non-hydrogen) atoms. The number of carbonyl (C=O) groups is 1. The van der Waals surface area contributed by atoms with Gasteiger partial charge in [0.1, 0.15) is 11.4 Å². The van der Waals surface area contributed by atoms with E-state index in [1.807, 2.05) is 20.8 Å². The smallest absolute Gasteiger partial charge is 0.413 e. The molecular weight excluding hydrogens is 294 g/mol. The Labute approximate surface area is 138 Å². The minimum Gasteiger partial charge on any atom is -0.444 e. The fraction of sp³-hybridized carbons (Fsp3) is 0.750. The van der Waals surface area contributed by atoms with Gasteiger partial charge in [-0.1, -0.05) is 0 Å². The zero-order valence-electron chi connectivity index (χ0n) is 14.6. The number of piperidine rings is 1. The highest BCUT2D eigenvalue weighted by Gasteiger charge is 2.19. The van der Waals surface area contributed by atoms with Crippen molar-refractivity contribution in [2.75, 3.05) is 32.0 Å². The van der Waals surface area contributed by atoms with Crippen molar-refractivity contribution in [2.24, 2.45) is 5.92 Å². The van der Waals surface area contributed by atoms with Crippen LogP contribution in [0.15, 0.2) is 6.20 Å². The number of rotatable bonds is 5. The lowest BCUT2D eigenvalue weighted by Crippen LogP contribution is -2.34. The molecule has 0 bridgehead atoms. The van der Waals surface area contributed by atoms with Crippen LogP contribution in [-0.4, -0.2) is 53.5 Å². The van der Waals surface area contributed by atoms with E-state index >= 15 is 0 Å². The molecule has 1 fully saturated rings. The van der Waals surface area contributed by atoms with Crippen LogP contribution in [0.4, 0.5) is 10.6 Å². The Morgan fingerprint density at radius 1 is 1.43 bits per heavy atom. The van der Waals surface area contributed by atoms with Gasteiger partial charge in [0.25, 0.3) is 0 Å². The molecule has 0 radical (unpaired) electrons. The van der Waals surface area contributed by atoms with Gasteiger partial charge in [-0.2, -0.15) is 5.10 Å². The topological polar surface area (TPSA) is 82.3 Å². The van der Waals surface area contributed by atoms with E-state index in [4.69, 9.17) is 4.74 Å². The highest BCUT2D eigenvalue weighted by molar-refractivity contribution is 5.84. The van der Waals surface area contributed by atoms with Crippen LogP contribution in [0.2, 0.25) is 0 Å². The normalized spacial score (nSPS) is 17.2. The summed E-state index contributed by atoms with van der Waals surface area (Å²) in [5.41, 5.74) is 0.417. The predicted octanol–water partition coefficient (Wildman–Crippen LogP) is 2.19. The molecule has 0 aromatic carbocycles. The van der Waals surface area contributed by atoms with Crippen LogP contribution in [0.3, 0.4) is 0 Å². The number of nitrogens with zero attached hydrogens (tertiary/aromatic N) is 2. The standard InChI is InChI=1S/C16H29N5O2/c1-16(2,3)23-15(22)19-14-13(11-18-20-14)10-17-9-12-5-7-21(4)8-6-12/h11-12,17H,5-10H2,1-4H3,(H2,18,19,20,22). The van der Waals surface area contributed by atoms with E-state index in [0.29, 0.717) is 12.4 Å². The van der Waals surface area contributed by atoms with Gasteiger partial charge in [0.15, 0.2) is 0 Å². The maximum atomic E-state index is 11.8. The third-order valence-electron chi connectivity index (χ3n) is 3.93. The molecule has 1 aliphatic heterocycles. The van der Waals surface area contributed by atoms with Crippen molar-refractivity contribution in [3.05, 3.63) is 11.8 Å². The van der Waals surface area contributed by atoms with Crippen LogP contribution >= 0.6 is 0 Å². The van der Waals surface area contributed by atoms with Crippen LogP contribution in [0.25, 0.3) is 0 Å². The summed E-state index contributed by atoms with van der Waals surface area (Å²) in [6, 6.07) is 0. The SMILES string of the molecule is CN1CCC(CNCc2cn[nH]c2NC(=O)OC(C)(C)C)CC1. The molecule has 0 atom stereocenters. The molecule has 1 aromatic heterocycles. The molecule has 1 aromatic rings. The quantitative estimate of drug-likeness (QED) is 0.774. The van der Waals surface area contributed by atoms with Gasteiger partial charge in [0.05, 0.1) is 6.20 Å². The fourth-order valence-electron chi connectivity index (χ4n) is 2.64. The molecule has 0 aliphatic carbocycles. The van der Waals surface area contributed by atoms with Crippen LogP contribution in [-0.2, 0) is 11.3 Å². The zero-order chi connectivity index (χ0) is 16.9. The third-order valence-corrected chi connectivity index (χ3v) is 3.93. The summed E-state index contributed by atoms with van der Waals surface area (Å²) in [4.78, 5) is 14.2. The van der Waals surface area contributed by atoms with Crippen molar-refractivity contribution in [3.63, 3.8) is 0 Å². The monoisotopic (exact) mass is 323 g/mol. The highest BCUT2D eigenvalue weighted by atomic mass is 16.6. The second-order valence-electron chi connectivity index (χ2n) is 7.27. The van der Waals surface area contributed by atoms with Gasteiger partial charge in [0.2, 0.25) is 0 Å². The molecule has 0 saturated carbocycles. The van der Waals surface area contributed by atoms with Crippen LogP contribution in [0.1, 0.15) is 39.2 Å². The maximum absolute atomic E-state index is 11.8. The van der Waals surface area contributed by atoms with Gasteiger partial charge in [-0.15, -0.1) is 0 Å². The lowest BCUT2D eigenvalue weighted by molar-refractivity contribution is 0.0635. The number of likely N-dealkylation sites (tertiary alicyclic amines) is 1.